The van der Waals surface area contributed by atoms with Crippen LogP contribution in [0, 0.1) is 29.1 Å². The molecule has 0 saturated heterocycles. The summed E-state index contributed by atoms with van der Waals surface area (Å²) in [6.45, 7) is 0. The van der Waals surface area contributed by atoms with E-state index in [0.717, 1.165) is 31.4 Å². The molecule has 10 aromatic carbocycles. The summed E-state index contributed by atoms with van der Waals surface area (Å²) in [5.74, 6) is -13.8. The van der Waals surface area contributed by atoms with Crippen molar-refractivity contribution in [2.24, 2.45) is 29.1 Å². The van der Waals surface area contributed by atoms with E-state index in [4.69, 9.17) is 0 Å². The number of benzene rings is 10. The van der Waals surface area contributed by atoms with Gasteiger partial charge in [-0.3, -0.25) is 0 Å². The van der Waals surface area contributed by atoms with Gasteiger partial charge in [-0.25, -0.2) is 0 Å². The van der Waals surface area contributed by atoms with Crippen LogP contribution in [0.25, 0.3) is 0 Å². The molecule has 0 heterocycles. The van der Waals surface area contributed by atoms with Gasteiger partial charge in [-0.05, 0) is 141 Å². The summed E-state index contributed by atoms with van der Waals surface area (Å²) < 4.78 is 0. The van der Waals surface area contributed by atoms with Crippen molar-refractivity contribution in [3.05, 3.63) is 356 Å². The van der Waals surface area contributed by atoms with E-state index in [2.05, 4.69) is 0 Å². The summed E-state index contributed by atoms with van der Waals surface area (Å²) >= 11 is 0. The van der Waals surface area contributed by atoms with Crippen LogP contribution in [-0.2, 0) is 111 Å². The number of aldehydes is 10. The number of hydrogen-bond donors (Lipinski definition) is 0. The lowest BCUT2D eigenvalue weighted by molar-refractivity contribution is -0.154. The lowest BCUT2D eigenvalue weighted by Gasteiger charge is -2.60. The zero-order valence-electron chi connectivity index (χ0n) is 55.9. The van der Waals surface area contributed by atoms with Gasteiger partial charge in [0.15, 0.2) is 0 Å². The summed E-state index contributed by atoms with van der Waals surface area (Å²) in [4.78, 5) is 159. The fourth-order valence-electron chi connectivity index (χ4n) is 16.1. The van der Waals surface area contributed by atoms with Crippen LogP contribution in [0.15, 0.2) is 273 Å². The normalized spacial score (nSPS) is 15.2. The molecule has 502 valence electrons. The first-order valence-electron chi connectivity index (χ1n) is 34.3. The molecule has 10 aromatic rings. The van der Waals surface area contributed by atoms with Crippen LogP contribution < -0.4 is 0 Å². The average Bonchev–Trinajstić information content (AvgIpc) is 0.674. The lowest BCUT2D eigenvalue weighted by atomic mass is 9.39. The molecule has 0 radical (unpaired) electrons. The van der Waals surface area contributed by atoms with Gasteiger partial charge in [0, 0.05) is 58.7 Å². The zero-order chi connectivity index (χ0) is 70.1. The SMILES string of the molecule is O=CC(Cc1ccccc1)c1c(C(C=O)Cc2ccccc2)c(C(C=O)Cc2ccccc2)c(C(C(C=O)Cc2ccccc2)(C(C=O)Cc2ccccc2)C(C=O)(C(C=O)Cc2ccccc2)C(C=O)Cc2ccccc2)c(C(C=O)Cc2ccccc2)c1C(C=O)Cc1ccccc1. The molecule has 10 rings (SSSR count). The Morgan fingerprint density at radius 3 is 0.550 bits per heavy atom. The van der Waals surface area contributed by atoms with Gasteiger partial charge in [0.2, 0.25) is 0 Å². The van der Waals surface area contributed by atoms with E-state index in [1.807, 2.05) is 152 Å². The summed E-state index contributed by atoms with van der Waals surface area (Å²) in [6, 6.07) is 81.7. The maximum Gasteiger partial charge on any atom is 0.128 e. The number of carbonyl (C=O) groups excluding carboxylic acids is 10. The van der Waals surface area contributed by atoms with E-state index in [1.165, 1.54) is 0 Å². The molecule has 100 heavy (non-hydrogen) atoms. The predicted molar refractivity (Wildman–Crippen MR) is 390 cm³/mol. The van der Waals surface area contributed by atoms with Gasteiger partial charge in [-0.2, -0.15) is 0 Å². The van der Waals surface area contributed by atoms with E-state index < -0.39 is 64.1 Å². The minimum absolute atomic E-state index is 0.0181. The zero-order valence-corrected chi connectivity index (χ0v) is 55.9. The van der Waals surface area contributed by atoms with Crippen LogP contribution in [-0.4, -0.2) is 62.9 Å². The van der Waals surface area contributed by atoms with Crippen molar-refractivity contribution < 1.29 is 47.9 Å². The molecule has 10 nitrogen and oxygen atoms in total. The average molecular weight is 1320 g/mol. The second-order valence-corrected chi connectivity index (χ2v) is 26.3. The Morgan fingerprint density at radius 1 is 0.200 bits per heavy atom. The van der Waals surface area contributed by atoms with E-state index in [1.54, 1.807) is 121 Å². The van der Waals surface area contributed by atoms with Crippen molar-refractivity contribution in [1.29, 1.82) is 0 Å². The second-order valence-electron chi connectivity index (χ2n) is 26.3. The maximum atomic E-state index is 17.1. The van der Waals surface area contributed by atoms with Crippen LogP contribution in [0.1, 0.15) is 113 Å². The van der Waals surface area contributed by atoms with E-state index in [0.29, 0.717) is 81.5 Å². The van der Waals surface area contributed by atoms with Gasteiger partial charge >= 0.3 is 0 Å². The van der Waals surface area contributed by atoms with Crippen LogP contribution >= 0.6 is 0 Å². The van der Waals surface area contributed by atoms with Gasteiger partial charge in [-0.15, -0.1) is 0 Å². The Morgan fingerprint density at radius 2 is 0.370 bits per heavy atom. The van der Waals surface area contributed by atoms with E-state index in [-0.39, 0.29) is 91.2 Å². The fraction of sp³-hybridized carbons (Fsp3) is 0.222. The molecule has 0 aliphatic rings. The Kier molecular flexibility index (Phi) is 25.4. The molecule has 9 atom stereocenters. The molecule has 0 aliphatic carbocycles. The topological polar surface area (TPSA) is 171 Å². The molecule has 0 spiro atoms. The third-order valence-electron chi connectivity index (χ3n) is 20.4. The molecule has 0 N–H and O–H groups in total. The first-order valence-corrected chi connectivity index (χ1v) is 34.3. The molecule has 0 amide bonds. The molecule has 0 aromatic heterocycles. The smallest absolute Gasteiger partial charge is 0.128 e. The third-order valence-corrected chi connectivity index (χ3v) is 20.4. The van der Waals surface area contributed by atoms with Crippen LogP contribution in [0.2, 0.25) is 0 Å². The number of hydrogen-bond acceptors (Lipinski definition) is 10. The highest BCUT2D eigenvalue weighted by molar-refractivity contribution is 5.88. The van der Waals surface area contributed by atoms with E-state index >= 15 is 47.9 Å². The Labute approximate surface area is 586 Å². The molecule has 0 saturated carbocycles. The van der Waals surface area contributed by atoms with Gasteiger partial charge in [0.1, 0.15) is 62.9 Å². The van der Waals surface area contributed by atoms with Gasteiger partial charge in [0.25, 0.3) is 0 Å². The van der Waals surface area contributed by atoms with Crippen molar-refractivity contribution in [3.63, 3.8) is 0 Å². The second kappa shape index (κ2) is 35.4. The fourth-order valence-corrected chi connectivity index (χ4v) is 16.1. The summed E-state index contributed by atoms with van der Waals surface area (Å²) in [5.41, 5.74) is 0.380. The third kappa shape index (κ3) is 15.9. The summed E-state index contributed by atoms with van der Waals surface area (Å²) in [6.07, 6.45) is 5.39. The van der Waals surface area contributed by atoms with Crippen LogP contribution in [0.4, 0.5) is 0 Å². The summed E-state index contributed by atoms with van der Waals surface area (Å²) in [5, 5.41) is 0. The van der Waals surface area contributed by atoms with Gasteiger partial charge < -0.3 is 47.9 Å². The Hall–Kier alpha value is -11.1. The highest BCUT2D eigenvalue weighted by atomic mass is 16.1. The quantitative estimate of drug-likeness (QED) is 0.0338. The summed E-state index contributed by atoms with van der Waals surface area (Å²) in [7, 11) is 0. The van der Waals surface area contributed by atoms with E-state index in [9.17, 15) is 0 Å². The highest BCUT2D eigenvalue weighted by Crippen LogP contribution is 2.65. The van der Waals surface area contributed by atoms with Crippen molar-refractivity contribution in [3.8, 4) is 0 Å². The molecular weight excluding hydrogens is 1240 g/mol. The minimum Gasteiger partial charge on any atom is -0.303 e. The van der Waals surface area contributed by atoms with Crippen LogP contribution in [0.5, 0.6) is 0 Å². The molecular formula is C90H82O10. The molecule has 9 unspecified atom stereocenters. The monoisotopic (exact) mass is 1320 g/mol. The molecule has 0 aliphatic heterocycles. The Balaban J connectivity index is 1.63. The van der Waals surface area contributed by atoms with Crippen molar-refractivity contribution in [2.75, 3.05) is 0 Å². The van der Waals surface area contributed by atoms with Gasteiger partial charge in [-0.1, -0.05) is 273 Å². The first-order chi connectivity index (χ1) is 49.2. The number of rotatable bonds is 39. The predicted octanol–water partition coefficient (Wildman–Crippen LogP) is 15.0. The van der Waals surface area contributed by atoms with Gasteiger partial charge in [0.05, 0.1) is 5.41 Å². The molecule has 10 heteroatoms. The first kappa shape index (κ1) is 71.7. The van der Waals surface area contributed by atoms with Crippen molar-refractivity contribution in [1.82, 2.24) is 0 Å². The molecule has 0 bridgehead atoms. The number of carbonyl (C=O) groups is 10. The molecule has 0 fully saturated rings. The lowest BCUT2D eigenvalue weighted by Crippen LogP contribution is -2.66. The van der Waals surface area contributed by atoms with Crippen molar-refractivity contribution >= 4 is 62.9 Å². The highest BCUT2D eigenvalue weighted by Gasteiger charge is 2.68. The minimum atomic E-state index is -2.66. The van der Waals surface area contributed by atoms with Crippen molar-refractivity contribution in [2.45, 2.75) is 92.8 Å². The largest absolute Gasteiger partial charge is 0.303 e. The maximum absolute atomic E-state index is 17.1. The standard InChI is InChI=1S/C90H82O10/c91-55-74(46-65-28-10-1-11-29-65)83-84(75(56-92)47-66-30-12-2-13-31-66)86(77(58-94)49-68-34-16-4-17-35-68)88(87(78(59-95)50-69-36-18-5-19-37-69)85(83)76(57-93)48-67-32-14-3-15-33-67)90(81(62-98)53-72-42-24-8-25-43-72,82(63-99)54-73-44-26-9-27-45-73)89(64-100,79(60-96)51-70-38-20-6-21-39-70)80(61-97)52-71-40-22-7-23-41-71/h1-45,55-64,74-82H,46-54H2. The van der Waals surface area contributed by atoms with Crippen LogP contribution in [0.3, 0.4) is 0 Å². The Bertz CT molecular complexity index is 4060.